The number of nitro benzene ring substituents is 1. The number of carbonyl (C=O) groups is 1. The third-order valence-electron chi connectivity index (χ3n) is 4.15. The van der Waals surface area contributed by atoms with E-state index in [0.717, 1.165) is 5.56 Å². The van der Waals surface area contributed by atoms with Gasteiger partial charge in [-0.25, -0.2) is 4.79 Å². The lowest BCUT2D eigenvalue weighted by atomic mass is 9.89. The van der Waals surface area contributed by atoms with Gasteiger partial charge in [0.2, 0.25) is 0 Å². The van der Waals surface area contributed by atoms with Crippen LogP contribution in [0.5, 0.6) is 0 Å². The predicted octanol–water partition coefficient (Wildman–Crippen LogP) is 2.83. The Morgan fingerprint density at radius 1 is 1.48 bits per heavy atom. The van der Waals surface area contributed by atoms with E-state index >= 15 is 0 Å². The molecule has 3 rings (SSSR count). The molecule has 0 aliphatic carbocycles. The molecule has 7 heteroatoms. The van der Waals surface area contributed by atoms with Gasteiger partial charge in [-0.1, -0.05) is 12.1 Å². The molecule has 1 amide bonds. The Morgan fingerprint density at radius 2 is 2.22 bits per heavy atom. The Bertz CT molecular complexity index is 654. The van der Waals surface area contributed by atoms with Crippen molar-refractivity contribution in [2.24, 2.45) is 0 Å². The summed E-state index contributed by atoms with van der Waals surface area (Å²) < 4.78 is 11.2. The number of nitro groups is 1. The number of ether oxygens (including phenoxy) is 2. The Hall–Kier alpha value is -2.15. The van der Waals surface area contributed by atoms with E-state index in [0.29, 0.717) is 19.5 Å². The molecule has 1 aromatic rings. The van der Waals surface area contributed by atoms with Gasteiger partial charge in [0.25, 0.3) is 5.69 Å². The van der Waals surface area contributed by atoms with E-state index in [1.807, 2.05) is 26.8 Å². The van der Waals surface area contributed by atoms with Crippen molar-refractivity contribution in [3.63, 3.8) is 0 Å². The molecular weight excluding hydrogens is 300 g/mol. The van der Waals surface area contributed by atoms with Crippen LogP contribution in [0.25, 0.3) is 0 Å². The minimum atomic E-state index is -0.532. The van der Waals surface area contributed by atoms with Crippen LogP contribution >= 0.6 is 0 Å². The van der Waals surface area contributed by atoms with Crippen molar-refractivity contribution in [3.8, 4) is 0 Å². The van der Waals surface area contributed by atoms with Crippen molar-refractivity contribution < 1.29 is 19.2 Å². The summed E-state index contributed by atoms with van der Waals surface area (Å²) in [5.74, 6) is 0. The van der Waals surface area contributed by atoms with Crippen LogP contribution in [0.1, 0.15) is 32.8 Å². The van der Waals surface area contributed by atoms with Crippen molar-refractivity contribution in [3.05, 3.63) is 39.9 Å². The minimum Gasteiger partial charge on any atom is -0.444 e. The summed E-state index contributed by atoms with van der Waals surface area (Å²) in [6.07, 6.45) is 0.129. The molecule has 0 spiro atoms. The molecule has 7 nitrogen and oxygen atoms in total. The summed E-state index contributed by atoms with van der Waals surface area (Å²) in [6.45, 7) is 6.44. The summed E-state index contributed by atoms with van der Waals surface area (Å²) in [6, 6.07) is 6.54. The number of carbonyl (C=O) groups excluding carboxylic acids is 1. The van der Waals surface area contributed by atoms with Crippen LogP contribution in [0, 0.1) is 10.1 Å². The maximum Gasteiger partial charge on any atom is 0.410 e. The van der Waals surface area contributed by atoms with Gasteiger partial charge in [0.05, 0.1) is 11.5 Å². The quantitative estimate of drug-likeness (QED) is 0.475. The fourth-order valence-corrected chi connectivity index (χ4v) is 2.99. The molecule has 2 heterocycles. The van der Waals surface area contributed by atoms with Crippen LogP contribution in [0.15, 0.2) is 24.3 Å². The standard InChI is InChI=1S/C16H20N2O5/c1-15(2,3)23-14(19)17-8-7-16(13(10-17)22-16)11-5-4-6-12(9-11)18(20)21/h4-6,9,13H,7-8,10H2,1-3H3/t13-,16+/m1/s1. The zero-order chi connectivity index (χ0) is 16.8. The minimum absolute atomic E-state index is 0.0562. The first kappa shape index (κ1) is 15.7. The summed E-state index contributed by atoms with van der Waals surface area (Å²) >= 11 is 0. The van der Waals surface area contributed by atoms with Crippen LogP contribution < -0.4 is 0 Å². The van der Waals surface area contributed by atoms with E-state index in [9.17, 15) is 14.9 Å². The summed E-state index contributed by atoms with van der Waals surface area (Å²) in [5.41, 5.74) is -0.165. The lowest BCUT2D eigenvalue weighted by Gasteiger charge is -2.31. The molecule has 0 radical (unpaired) electrons. The molecule has 0 N–H and O–H groups in total. The summed E-state index contributed by atoms with van der Waals surface area (Å²) in [7, 11) is 0. The van der Waals surface area contributed by atoms with Crippen LogP contribution in [-0.4, -0.2) is 40.7 Å². The number of likely N-dealkylation sites (tertiary alicyclic amines) is 1. The van der Waals surface area contributed by atoms with Crippen molar-refractivity contribution in [2.45, 2.75) is 44.5 Å². The largest absolute Gasteiger partial charge is 0.444 e. The maximum atomic E-state index is 12.1. The van der Waals surface area contributed by atoms with Gasteiger partial charge in [0.1, 0.15) is 17.3 Å². The zero-order valence-corrected chi connectivity index (χ0v) is 13.4. The highest BCUT2D eigenvalue weighted by Crippen LogP contribution is 2.52. The highest BCUT2D eigenvalue weighted by Gasteiger charge is 2.61. The number of hydrogen-bond donors (Lipinski definition) is 0. The van der Waals surface area contributed by atoms with E-state index in [2.05, 4.69) is 0 Å². The topological polar surface area (TPSA) is 85.2 Å². The molecule has 124 valence electrons. The average molecular weight is 320 g/mol. The van der Waals surface area contributed by atoms with Gasteiger partial charge in [0, 0.05) is 25.1 Å². The Labute approximate surface area is 134 Å². The SMILES string of the molecule is CC(C)(C)OC(=O)N1CC[C@@]2(c3cccc([N+](=O)[O-])c3)O[C@@H]2C1. The summed E-state index contributed by atoms with van der Waals surface area (Å²) in [4.78, 5) is 24.3. The molecule has 0 aromatic heterocycles. The molecule has 0 saturated carbocycles. The van der Waals surface area contributed by atoms with Gasteiger partial charge in [-0.2, -0.15) is 0 Å². The number of hydrogen-bond acceptors (Lipinski definition) is 5. The normalized spacial score (nSPS) is 26.4. The lowest BCUT2D eigenvalue weighted by Crippen LogP contribution is -2.44. The second-order valence-corrected chi connectivity index (χ2v) is 6.98. The van der Waals surface area contributed by atoms with E-state index < -0.39 is 16.1 Å². The van der Waals surface area contributed by atoms with Crippen LogP contribution in [0.3, 0.4) is 0 Å². The molecule has 2 atom stereocenters. The molecule has 23 heavy (non-hydrogen) atoms. The first-order valence-electron chi connectivity index (χ1n) is 7.62. The molecule has 2 saturated heterocycles. The van der Waals surface area contributed by atoms with Gasteiger partial charge in [0.15, 0.2) is 0 Å². The second-order valence-electron chi connectivity index (χ2n) is 6.98. The predicted molar refractivity (Wildman–Crippen MR) is 82.1 cm³/mol. The van der Waals surface area contributed by atoms with E-state index in [1.165, 1.54) is 6.07 Å². The van der Waals surface area contributed by atoms with Gasteiger partial charge in [-0.05, 0) is 26.3 Å². The lowest BCUT2D eigenvalue weighted by molar-refractivity contribution is -0.385. The summed E-state index contributed by atoms with van der Waals surface area (Å²) in [5, 5.41) is 10.9. The van der Waals surface area contributed by atoms with E-state index in [4.69, 9.17) is 9.47 Å². The first-order chi connectivity index (χ1) is 10.7. The third kappa shape index (κ3) is 3.01. The van der Waals surface area contributed by atoms with Crippen LogP contribution in [0.2, 0.25) is 0 Å². The van der Waals surface area contributed by atoms with Gasteiger partial charge >= 0.3 is 6.09 Å². The molecular formula is C16H20N2O5. The number of rotatable bonds is 2. The second kappa shape index (κ2) is 5.19. The smallest absolute Gasteiger partial charge is 0.410 e. The van der Waals surface area contributed by atoms with Gasteiger partial charge < -0.3 is 14.4 Å². The van der Waals surface area contributed by atoms with E-state index in [-0.39, 0.29) is 17.9 Å². The monoisotopic (exact) mass is 320 g/mol. The zero-order valence-electron chi connectivity index (χ0n) is 13.4. The van der Waals surface area contributed by atoms with Crippen molar-refractivity contribution >= 4 is 11.8 Å². The number of epoxide rings is 1. The maximum absolute atomic E-state index is 12.1. The number of nitrogens with zero attached hydrogens (tertiary/aromatic N) is 2. The molecule has 1 aromatic carbocycles. The highest BCUT2D eigenvalue weighted by atomic mass is 16.6. The molecule has 2 fully saturated rings. The number of amides is 1. The molecule has 2 aliphatic rings. The molecule has 0 unspecified atom stereocenters. The first-order valence-corrected chi connectivity index (χ1v) is 7.62. The average Bonchev–Trinajstić information content (AvgIpc) is 3.20. The van der Waals surface area contributed by atoms with E-state index in [1.54, 1.807) is 17.0 Å². The number of fused-ring (bicyclic) bond motifs is 1. The van der Waals surface area contributed by atoms with Crippen molar-refractivity contribution in [1.29, 1.82) is 0 Å². The fourth-order valence-electron chi connectivity index (χ4n) is 2.99. The molecule has 0 bridgehead atoms. The third-order valence-corrected chi connectivity index (χ3v) is 4.15. The van der Waals surface area contributed by atoms with Crippen molar-refractivity contribution in [1.82, 2.24) is 4.90 Å². The van der Waals surface area contributed by atoms with Crippen LogP contribution in [0.4, 0.5) is 10.5 Å². The van der Waals surface area contributed by atoms with Crippen molar-refractivity contribution in [2.75, 3.05) is 13.1 Å². The van der Waals surface area contributed by atoms with Crippen LogP contribution in [-0.2, 0) is 15.1 Å². The number of benzene rings is 1. The Kier molecular flexibility index (Phi) is 3.55. The highest BCUT2D eigenvalue weighted by molar-refractivity contribution is 5.68. The van der Waals surface area contributed by atoms with Gasteiger partial charge in [-0.3, -0.25) is 10.1 Å². The Balaban J connectivity index is 1.70. The van der Waals surface area contributed by atoms with Gasteiger partial charge in [-0.15, -0.1) is 0 Å². The Morgan fingerprint density at radius 3 is 2.83 bits per heavy atom. The fraction of sp³-hybridized carbons (Fsp3) is 0.562. The molecule has 2 aliphatic heterocycles. The number of piperidine rings is 1. The number of non-ortho nitro benzene ring substituents is 1.